The molecule has 2 heterocycles. The van der Waals surface area contributed by atoms with E-state index in [0.29, 0.717) is 5.82 Å². The topological polar surface area (TPSA) is 65.5 Å². The second-order valence-electron chi connectivity index (χ2n) is 4.55. The maximum atomic E-state index is 11.2. The third kappa shape index (κ3) is 2.55. The number of aromatic nitrogens is 1. The summed E-state index contributed by atoms with van der Waals surface area (Å²) in [4.78, 5) is 17.5. The van der Waals surface area contributed by atoms with Gasteiger partial charge in [0.1, 0.15) is 11.4 Å². The molecule has 1 aromatic rings. The van der Waals surface area contributed by atoms with Crippen molar-refractivity contribution in [1.29, 1.82) is 0 Å². The molecule has 1 aromatic heterocycles. The smallest absolute Gasteiger partial charge is 0.339 e. The van der Waals surface area contributed by atoms with Crippen LogP contribution in [0.1, 0.15) is 22.3 Å². The third-order valence-electron chi connectivity index (χ3n) is 3.11. The van der Waals surface area contributed by atoms with Crippen LogP contribution >= 0.6 is 0 Å². The Kier molecular flexibility index (Phi) is 3.28. The van der Waals surface area contributed by atoms with Gasteiger partial charge in [-0.15, -0.1) is 0 Å². The maximum Gasteiger partial charge on any atom is 0.339 e. The molecular formula is C12H17N3O2. The van der Waals surface area contributed by atoms with E-state index in [0.717, 1.165) is 25.1 Å². The van der Waals surface area contributed by atoms with Crippen LogP contribution < -0.4 is 5.32 Å². The predicted molar refractivity (Wildman–Crippen MR) is 65.5 cm³/mol. The van der Waals surface area contributed by atoms with Crippen LogP contribution in [0.3, 0.4) is 0 Å². The third-order valence-corrected chi connectivity index (χ3v) is 3.11. The summed E-state index contributed by atoms with van der Waals surface area (Å²) in [5.41, 5.74) is 1.02. The second kappa shape index (κ2) is 4.71. The first kappa shape index (κ1) is 11.9. The summed E-state index contributed by atoms with van der Waals surface area (Å²) >= 11 is 0. The van der Waals surface area contributed by atoms with Crippen LogP contribution in [0.25, 0.3) is 0 Å². The van der Waals surface area contributed by atoms with Gasteiger partial charge in [-0.05, 0) is 38.6 Å². The molecule has 1 aliphatic heterocycles. The van der Waals surface area contributed by atoms with Gasteiger partial charge in [0.05, 0.1) is 0 Å². The number of nitrogens with one attached hydrogen (secondary N) is 1. The summed E-state index contributed by atoms with van der Waals surface area (Å²) in [6.45, 7) is 3.75. The minimum atomic E-state index is -0.926. The lowest BCUT2D eigenvalue weighted by Gasteiger charge is -2.15. The minimum absolute atomic E-state index is 0.280. The number of anilines is 1. The SMILES string of the molecule is Cc1ccnc(NC2CCN(C)C2)c1C(=O)O. The zero-order chi connectivity index (χ0) is 12.4. The summed E-state index contributed by atoms with van der Waals surface area (Å²) in [6.07, 6.45) is 2.66. The highest BCUT2D eigenvalue weighted by Crippen LogP contribution is 2.19. The highest BCUT2D eigenvalue weighted by molar-refractivity contribution is 5.94. The molecule has 0 bridgehead atoms. The number of carboxylic acids is 1. The van der Waals surface area contributed by atoms with Crippen molar-refractivity contribution in [2.24, 2.45) is 0 Å². The average molecular weight is 235 g/mol. The van der Waals surface area contributed by atoms with Crippen LogP contribution in [0.5, 0.6) is 0 Å². The molecule has 0 spiro atoms. The average Bonchev–Trinajstić information content (AvgIpc) is 2.63. The lowest BCUT2D eigenvalue weighted by atomic mass is 10.1. The Hall–Kier alpha value is -1.62. The summed E-state index contributed by atoms with van der Waals surface area (Å²) in [6, 6.07) is 2.00. The van der Waals surface area contributed by atoms with E-state index in [1.54, 1.807) is 19.2 Å². The number of aryl methyl sites for hydroxylation is 1. The molecule has 1 atom stereocenters. The van der Waals surface area contributed by atoms with Crippen LogP contribution in [-0.4, -0.2) is 47.1 Å². The van der Waals surface area contributed by atoms with Crippen molar-refractivity contribution in [3.63, 3.8) is 0 Å². The van der Waals surface area contributed by atoms with Crippen LogP contribution in [0.2, 0.25) is 0 Å². The second-order valence-corrected chi connectivity index (χ2v) is 4.55. The van der Waals surface area contributed by atoms with E-state index in [-0.39, 0.29) is 11.6 Å². The fourth-order valence-corrected chi connectivity index (χ4v) is 2.18. The van der Waals surface area contributed by atoms with Crippen molar-refractivity contribution < 1.29 is 9.90 Å². The Bertz CT molecular complexity index is 434. The van der Waals surface area contributed by atoms with Crippen molar-refractivity contribution in [3.05, 3.63) is 23.4 Å². The maximum absolute atomic E-state index is 11.2. The van der Waals surface area contributed by atoms with E-state index in [1.807, 2.05) is 0 Å². The number of likely N-dealkylation sites (N-methyl/N-ethyl adjacent to an activating group) is 1. The molecule has 5 nitrogen and oxygen atoms in total. The van der Waals surface area contributed by atoms with Crippen LogP contribution in [0.15, 0.2) is 12.3 Å². The van der Waals surface area contributed by atoms with Gasteiger partial charge in [0.2, 0.25) is 0 Å². The molecule has 17 heavy (non-hydrogen) atoms. The fourth-order valence-electron chi connectivity index (χ4n) is 2.18. The van der Waals surface area contributed by atoms with Crippen molar-refractivity contribution in [3.8, 4) is 0 Å². The van der Waals surface area contributed by atoms with E-state index in [1.165, 1.54) is 0 Å². The monoisotopic (exact) mass is 235 g/mol. The lowest BCUT2D eigenvalue weighted by Crippen LogP contribution is -2.25. The summed E-state index contributed by atoms with van der Waals surface area (Å²) in [7, 11) is 2.06. The molecule has 1 fully saturated rings. The van der Waals surface area contributed by atoms with Gasteiger partial charge >= 0.3 is 5.97 Å². The largest absolute Gasteiger partial charge is 0.478 e. The Morgan fingerprint density at radius 3 is 3.00 bits per heavy atom. The molecule has 0 aromatic carbocycles. The van der Waals surface area contributed by atoms with Gasteiger partial charge in [-0.3, -0.25) is 0 Å². The van der Waals surface area contributed by atoms with Gasteiger partial charge in [-0.25, -0.2) is 9.78 Å². The number of aromatic carboxylic acids is 1. The van der Waals surface area contributed by atoms with Crippen molar-refractivity contribution in [1.82, 2.24) is 9.88 Å². The van der Waals surface area contributed by atoms with Crippen LogP contribution in [0, 0.1) is 6.92 Å². The molecule has 0 aliphatic carbocycles. The molecule has 1 aliphatic rings. The van der Waals surface area contributed by atoms with Crippen molar-refractivity contribution in [2.75, 3.05) is 25.5 Å². The highest BCUT2D eigenvalue weighted by atomic mass is 16.4. The fraction of sp³-hybridized carbons (Fsp3) is 0.500. The molecule has 2 N–H and O–H groups in total. The molecule has 2 rings (SSSR count). The number of hydrogen-bond acceptors (Lipinski definition) is 4. The van der Waals surface area contributed by atoms with E-state index in [9.17, 15) is 9.90 Å². The van der Waals surface area contributed by atoms with Gasteiger partial charge in [0.15, 0.2) is 0 Å². The number of carbonyl (C=O) groups is 1. The number of likely N-dealkylation sites (tertiary alicyclic amines) is 1. The molecule has 0 saturated carbocycles. The van der Waals surface area contributed by atoms with E-state index in [4.69, 9.17) is 0 Å². The first-order valence-corrected chi connectivity index (χ1v) is 5.72. The van der Waals surface area contributed by atoms with E-state index < -0.39 is 5.97 Å². The number of pyridine rings is 1. The number of hydrogen-bond donors (Lipinski definition) is 2. The standard InChI is InChI=1S/C12H17N3O2/c1-8-3-5-13-11(10(8)12(16)17)14-9-4-6-15(2)7-9/h3,5,9H,4,6-7H2,1-2H3,(H,13,14)(H,16,17). The molecule has 0 radical (unpaired) electrons. The predicted octanol–water partition coefficient (Wildman–Crippen LogP) is 1.20. The number of rotatable bonds is 3. The quantitative estimate of drug-likeness (QED) is 0.824. The Balaban J connectivity index is 2.20. The van der Waals surface area contributed by atoms with Gasteiger partial charge in [-0.2, -0.15) is 0 Å². The lowest BCUT2D eigenvalue weighted by molar-refractivity contribution is 0.0697. The van der Waals surface area contributed by atoms with Crippen molar-refractivity contribution in [2.45, 2.75) is 19.4 Å². The van der Waals surface area contributed by atoms with Crippen LogP contribution in [0.4, 0.5) is 5.82 Å². The molecule has 1 unspecified atom stereocenters. The zero-order valence-electron chi connectivity index (χ0n) is 10.1. The summed E-state index contributed by atoms with van der Waals surface area (Å²) in [5.74, 6) is -0.442. The van der Waals surface area contributed by atoms with Gasteiger partial charge < -0.3 is 15.3 Å². The van der Waals surface area contributed by atoms with Crippen LogP contribution in [-0.2, 0) is 0 Å². The molecule has 92 valence electrons. The first-order chi connectivity index (χ1) is 8.08. The van der Waals surface area contributed by atoms with E-state index >= 15 is 0 Å². The van der Waals surface area contributed by atoms with E-state index in [2.05, 4.69) is 22.2 Å². The Labute approximate surface area is 100 Å². The highest BCUT2D eigenvalue weighted by Gasteiger charge is 2.22. The summed E-state index contributed by atoms with van der Waals surface area (Å²) < 4.78 is 0. The van der Waals surface area contributed by atoms with Gasteiger partial charge in [0.25, 0.3) is 0 Å². The first-order valence-electron chi connectivity index (χ1n) is 5.72. The Morgan fingerprint density at radius 2 is 2.41 bits per heavy atom. The Morgan fingerprint density at radius 1 is 1.65 bits per heavy atom. The summed E-state index contributed by atoms with van der Waals surface area (Å²) in [5, 5.41) is 12.4. The normalized spacial score (nSPS) is 20.5. The number of nitrogens with zero attached hydrogens (tertiary/aromatic N) is 2. The minimum Gasteiger partial charge on any atom is -0.478 e. The van der Waals surface area contributed by atoms with Crippen molar-refractivity contribution >= 4 is 11.8 Å². The molecule has 5 heteroatoms. The van der Waals surface area contributed by atoms with Gasteiger partial charge in [-0.1, -0.05) is 0 Å². The molecule has 0 amide bonds. The van der Waals surface area contributed by atoms with Gasteiger partial charge in [0, 0.05) is 18.8 Å². The molecular weight excluding hydrogens is 218 g/mol. The molecule has 1 saturated heterocycles. The zero-order valence-corrected chi connectivity index (χ0v) is 10.1. The number of carboxylic acid groups (broad SMARTS) is 1.